The first-order chi connectivity index (χ1) is 18.0. The van der Waals surface area contributed by atoms with Crippen molar-refractivity contribution in [2.45, 2.75) is 89.5 Å². The Kier molecular flexibility index (Phi) is 12.2. The van der Waals surface area contributed by atoms with Crippen LogP contribution in [0.5, 0.6) is 5.75 Å². The van der Waals surface area contributed by atoms with Gasteiger partial charge in [-0.25, -0.2) is 4.79 Å². The van der Waals surface area contributed by atoms with Crippen LogP contribution in [0.15, 0.2) is 24.3 Å². The maximum absolute atomic E-state index is 13.8. The second kappa shape index (κ2) is 14.4. The third-order valence-electron chi connectivity index (χ3n) is 7.48. The third-order valence-corrected chi connectivity index (χ3v) is 12.4. The van der Waals surface area contributed by atoms with Crippen LogP contribution < -0.4 is 4.74 Å². The van der Waals surface area contributed by atoms with Crippen LogP contribution in [0.3, 0.4) is 0 Å². The lowest BCUT2D eigenvalue weighted by Crippen LogP contribution is -2.55. The van der Waals surface area contributed by atoms with E-state index in [9.17, 15) is 22.8 Å². The molecule has 0 aromatic heterocycles. The highest BCUT2D eigenvalue weighted by atomic mass is 35.5. The first-order valence-corrected chi connectivity index (χ1v) is 16.2. The maximum atomic E-state index is 13.8. The fourth-order valence-electron chi connectivity index (χ4n) is 5.01. The number of carbonyl (C=O) groups excluding carboxylic acids is 2. The molecule has 1 aliphatic heterocycles. The zero-order valence-electron chi connectivity index (χ0n) is 22.9. The van der Waals surface area contributed by atoms with E-state index in [2.05, 4.69) is 20.8 Å². The Balaban J connectivity index is 2.47. The molecule has 0 spiro atoms. The van der Waals surface area contributed by atoms with Crippen molar-refractivity contribution in [3.05, 3.63) is 29.8 Å². The minimum absolute atomic E-state index is 0.0333. The minimum atomic E-state index is -5.08. The molecule has 1 saturated heterocycles. The summed E-state index contributed by atoms with van der Waals surface area (Å²) in [5.74, 6) is -1.09. The van der Waals surface area contributed by atoms with Crippen molar-refractivity contribution < 1.29 is 36.7 Å². The molecule has 0 bridgehead atoms. The van der Waals surface area contributed by atoms with E-state index >= 15 is 0 Å². The number of amides is 2. The standard InChI is InChI=1S/C26H40ClF3N2O5Si/c1-6-38(7-2,8-3)37-18-23-22(16-19(4)32(23)25(34)36-15-9-14-27)31(24(33)26(28,29)30)17-20-10-12-21(35-5)13-11-20/h10-13,19,22-23H,6-9,14-18H2,1-5H3/t19?,22-,23-/m0/s1. The fourth-order valence-corrected chi connectivity index (χ4v) is 7.76. The summed E-state index contributed by atoms with van der Waals surface area (Å²) in [7, 11) is -0.659. The van der Waals surface area contributed by atoms with E-state index in [1.54, 1.807) is 31.2 Å². The minimum Gasteiger partial charge on any atom is -0.497 e. The van der Waals surface area contributed by atoms with Gasteiger partial charge in [-0.3, -0.25) is 9.69 Å². The Morgan fingerprint density at radius 2 is 1.74 bits per heavy atom. The van der Waals surface area contributed by atoms with Gasteiger partial charge in [-0.05, 0) is 55.6 Å². The zero-order chi connectivity index (χ0) is 28.5. The molecule has 1 aromatic carbocycles. The van der Waals surface area contributed by atoms with E-state index in [0.717, 1.165) is 23.0 Å². The molecule has 0 aliphatic carbocycles. The highest BCUT2D eigenvalue weighted by Gasteiger charge is 2.52. The van der Waals surface area contributed by atoms with E-state index in [0.29, 0.717) is 23.6 Å². The molecule has 1 aliphatic rings. The van der Waals surface area contributed by atoms with Gasteiger partial charge in [0.15, 0.2) is 8.32 Å². The highest BCUT2D eigenvalue weighted by Crippen LogP contribution is 2.35. The summed E-state index contributed by atoms with van der Waals surface area (Å²) in [5, 5.41) is 0. The Labute approximate surface area is 229 Å². The van der Waals surface area contributed by atoms with Gasteiger partial charge in [0.05, 0.1) is 32.4 Å². The van der Waals surface area contributed by atoms with Gasteiger partial charge >= 0.3 is 18.2 Å². The van der Waals surface area contributed by atoms with Crippen molar-refractivity contribution in [1.82, 2.24) is 9.80 Å². The topological polar surface area (TPSA) is 68.3 Å². The number of benzene rings is 1. The van der Waals surface area contributed by atoms with Crippen LogP contribution in [0.2, 0.25) is 18.1 Å². The molecule has 2 rings (SSSR count). The van der Waals surface area contributed by atoms with Crippen LogP contribution in [0.25, 0.3) is 0 Å². The van der Waals surface area contributed by atoms with Crippen LogP contribution >= 0.6 is 11.6 Å². The first kappa shape index (κ1) is 32.2. The quantitative estimate of drug-likeness (QED) is 0.158. The third kappa shape index (κ3) is 8.02. The van der Waals surface area contributed by atoms with Gasteiger partial charge in [0, 0.05) is 18.5 Å². The van der Waals surface area contributed by atoms with E-state index in [1.807, 2.05) is 0 Å². The largest absolute Gasteiger partial charge is 0.497 e. The molecular weight excluding hydrogens is 541 g/mol. The second-order valence-electron chi connectivity index (χ2n) is 9.62. The van der Waals surface area contributed by atoms with Crippen LogP contribution in [0.4, 0.5) is 18.0 Å². The predicted molar refractivity (Wildman–Crippen MR) is 143 cm³/mol. The normalized spacial score (nSPS) is 19.9. The average Bonchev–Trinajstić information content (AvgIpc) is 3.23. The van der Waals surface area contributed by atoms with Crippen LogP contribution in [-0.4, -0.2) is 80.6 Å². The lowest BCUT2D eigenvalue weighted by Gasteiger charge is -2.38. The molecule has 1 aromatic rings. The number of hydrogen-bond acceptors (Lipinski definition) is 5. The van der Waals surface area contributed by atoms with Gasteiger partial charge in [-0.2, -0.15) is 13.2 Å². The van der Waals surface area contributed by atoms with Crippen molar-refractivity contribution in [2.75, 3.05) is 26.2 Å². The van der Waals surface area contributed by atoms with E-state index < -0.39 is 44.6 Å². The van der Waals surface area contributed by atoms with E-state index in [1.165, 1.54) is 12.0 Å². The number of rotatable bonds is 13. The van der Waals surface area contributed by atoms with Crippen molar-refractivity contribution in [1.29, 1.82) is 0 Å². The van der Waals surface area contributed by atoms with Gasteiger partial charge in [0.1, 0.15) is 5.75 Å². The number of carbonyl (C=O) groups is 2. The van der Waals surface area contributed by atoms with E-state index in [-0.39, 0.29) is 26.2 Å². The Bertz CT molecular complexity index is 894. The highest BCUT2D eigenvalue weighted by molar-refractivity contribution is 6.73. The molecule has 0 N–H and O–H groups in total. The molecule has 0 radical (unpaired) electrons. The van der Waals surface area contributed by atoms with Crippen molar-refractivity contribution in [2.24, 2.45) is 0 Å². The van der Waals surface area contributed by atoms with Gasteiger partial charge in [0.2, 0.25) is 0 Å². The van der Waals surface area contributed by atoms with Crippen molar-refractivity contribution >= 4 is 31.9 Å². The molecule has 3 atom stereocenters. The number of likely N-dealkylation sites (tertiary alicyclic amines) is 1. The molecule has 2 amide bonds. The van der Waals surface area contributed by atoms with Gasteiger partial charge < -0.3 is 18.8 Å². The number of methoxy groups -OCH3 is 1. The Morgan fingerprint density at radius 3 is 2.24 bits per heavy atom. The SMILES string of the molecule is CC[Si](CC)(CC)OC[C@H]1[C@@H](N(Cc2ccc(OC)cc2)C(=O)C(F)(F)F)CC(C)N1C(=O)OCCCCl. The monoisotopic (exact) mass is 580 g/mol. The molecule has 7 nitrogen and oxygen atoms in total. The first-order valence-electron chi connectivity index (χ1n) is 13.1. The molecule has 38 heavy (non-hydrogen) atoms. The number of halogens is 4. The summed E-state index contributed by atoms with van der Waals surface area (Å²) < 4.78 is 58.5. The summed E-state index contributed by atoms with van der Waals surface area (Å²) in [5.41, 5.74) is 0.512. The molecule has 1 heterocycles. The molecule has 216 valence electrons. The maximum Gasteiger partial charge on any atom is 0.471 e. The van der Waals surface area contributed by atoms with Gasteiger partial charge in [0.25, 0.3) is 0 Å². The number of nitrogens with zero attached hydrogens (tertiary/aromatic N) is 2. The summed E-state index contributed by atoms with van der Waals surface area (Å²) in [4.78, 5) is 28.2. The number of hydrogen-bond donors (Lipinski definition) is 0. The summed E-state index contributed by atoms with van der Waals surface area (Å²) in [6.07, 6.45) is -5.10. The molecule has 1 unspecified atom stereocenters. The zero-order valence-corrected chi connectivity index (χ0v) is 24.6. The molecule has 12 heteroatoms. The summed E-state index contributed by atoms with van der Waals surface area (Å²) >= 11 is 5.71. The predicted octanol–water partition coefficient (Wildman–Crippen LogP) is 6.20. The molecule has 0 saturated carbocycles. The summed E-state index contributed by atoms with van der Waals surface area (Å²) in [6.45, 7) is 7.76. The Hall–Kier alpha value is -1.98. The number of ether oxygens (including phenoxy) is 2. The van der Waals surface area contributed by atoms with Crippen LogP contribution in [0.1, 0.15) is 46.1 Å². The lowest BCUT2D eigenvalue weighted by molar-refractivity contribution is -0.189. The smallest absolute Gasteiger partial charge is 0.471 e. The second-order valence-corrected chi connectivity index (χ2v) is 14.8. The lowest BCUT2D eigenvalue weighted by atomic mass is 10.0. The fraction of sp³-hybridized carbons (Fsp3) is 0.692. The molecule has 1 fully saturated rings. The summed E-state index contributed by atoms with van der Waals surface area (Å²) in [6, 6.07) is 6.85. The van der Waals surface area contributed by atoms with Crippen molar-refractivity contribution in [3.8, 4) is 5.75 Å². The van der Waals surface area contributed by atoms with Crippen molar-refractivity contribution in [3.63, 3.8) is 0 Å². The Morgan fingerprint density at radius 1 is 1.13 bits per heavy atom. The van der Waals surface area contributed by atoms with Crippen LogP contribution in [-0.2, 0) is 20.5 Å². The average molecular weight is 581 g/mol. The van der Waals surface area contributed by atoms with Gasteiger partial charge in [-0.15, -0.1) is 11.6 Å². The molecular formula is C26H40ClF3N2O5Si. The number of alkyl halides is 4. The van der Waals surface area contributed by atoms with Gasteiger partial charge in [-0.1, -0.05) is 32.9 Å². The van der Waals surface area contributed by atoms with Crippen LogP contribution in [0, 0.1) is 0 Å². The van der Waals surface area contributed by atoms with E-state index in [4.69, 9.17) is 25.5 Å².